The van der Waals surface area contributed by atoms with Gasteiger partial charge >= 0.3 is 0 Å². The normalized spacial score (nSPS) is 38.2. The van der Waals surface area contributed by atoms with E-state index in [4.69, 9.17) is 9.47 Å². The smallest absolute Gasteiger partial charge is 0.0809 e. The van der Waals surface area contributed by atoms with Gasteiger partial charge in [0.05, 0.1) is 46.3 Å². The van der Waals surface area contributed by atoms with E-state index >= 15 is 0 Å². The molecule has 97 valence electrons. The number of epoxide rings is 2. The van der Waals surface area contributed by atoms with E-state index in [2.05, 4.69) is 63.8 Å². The van der Waals surface area contributed by atoms with Crippen LogP contribution in [0.5, 0.6) is 0 Å². The third-order valence-electron chi connectivity index (χ3n) is 5.46. The second-order valence-corrected chi connectivity index (χ2v) is 7.00. The lowest BCUT2D eigenvalue weighted by atomic mass is 8.75. The van der Waals surface area contributed by atoms with E-state index in [1.165, 1.54) is 25.7 Å². The molecule has 0 aromatic rings. The molecule has 5 heterocycles. The van der Waals surface area contributed by atoms with Crippen LogP contribution in [0.1, 0.15) is 25.7 Å². The Morgan fingerprint density at radius 2 is 1.55 bits per heavy atom. The second kappa shape index (κ2) is 7.21. The van der Waals surface area contributed by atoms with Crippen LogP contribution in [0.15, 0.2) is 0 Å². The van der Waals surface area contributed by atoms with E-state index in [1.807, 2.05) is 0 Å². The van der Waals surface area contributed by atoms with Crippen molar-refractivity contribution in [2.24, 2.45) is 0 Å². The SMILES string of the molecule is [B]1[B][B][B][B][C@@]2(CC[C@@H]3CO3)[B]B([B][B][B]1)[C@@H]2CC[C@@H]1CO1. The van der Waals surface area contributed by atoms with Gasteiger partial charge < -0.3 is 9.47 Å². The van der Waals surface area contributed by atoms with E-state index in [-0.39, 0.29) is 5.21 Å². The lowest BCUT2D eigenvalue weighted by Gasteiger charge is -2.57. The third-order valence-corrected chi connectivity index (χ3v) is 5.46. The van der Waals surface area contributed by atoms with Gasteiger partial charge in [-0.15, -0.1) is 5.21 Å². The molecule has 22 heavy (non-hydrogen) atoms. The zero-order valence-corrected chi connectivity index (χ0v) is 13.1. The van der Waals surface area contributed by atoms with Gasteiger partial charge in [-0.3, -0.25) is 0 Å². The highest BCUT2D eigenvalue weighted by Crippen LogP contribution is 2.56. The van der Waals surface area contributed by atoms with Gasteiger partial charge in [-0.2, -0.15) is 0 Å². The Bertz CT molecular complexity index is 377. The summed E-state index contributed by atoms with van der Waals surface area (Å²) in [5.41, 5.74) is 0. The molecule has 0 saturated carbocycles. The van der Waals surface area contributed by atoms with Crippen LogP contribution in [0, 0.1) is 0 Å². The van der Waals surface area contributed by atoms with Crippen molar-refractivity contribution in [1.29, 1.82) is 0 Å². The molecule has 2 bridgehead atoms. The first-order chi connectivity index (χ1) is 10.9. The van der Waals surface area contributed by atoms with E-state index < -0.39 is 0 Å². The Hall–Kier alpha value is 0.569. The average molecular weight is 275 g/mol. The van der Waals surface area contributed by atoms with Crippen LogP contribution < -0.4 is 0 Å². The topological polar surface area (TPSA) is 25.1 Å². The predicted molar refractivity (Wildman–Crippen MR) is 102 cm³/mol. The number of hydrogen-bond acceptors (Lipinski definition) is 2. The van der Waals surface area contributed by atoms with Gasteiger partial charge in [0.15, 0.2) is 0 Å². The molecule has 9 radical (unpaired) electrons. The molecule has 4 atom stereocenters. The molecule has 5 aliphatic rings. The number of hydrogen-bond donors (Lipinski definition) is 0. The predicted octanol–water partition coefficient (Wildman–Crippen LogP) is -1.91. The summed E-state index contributed by atoms with van der Waals surface area (Å²) in [4.78, 5) is 0. The number of fused-ring (bicyclic) bond motifs is 7. The lowest BCUT2D eigenvalue weighted by molar-refractivity contribution is 0.370. The Kier molecular flexibility index (Phi) is 5.27. The van der Waals surface area contributed by atoms with E-state index in [9.17, 15) is 0 Å². The van der Waals surface area contributed by atoms with Gasteiger partial charge in [0.1, 0.15) is 0 Å². The zero-order valence-electron chi connectivity index (χ0n) is 13.1. The van der Waals surface area contributed by atoms with E-state index in [0.717, 1.165) is 13.2 Å². The molecule has 5 aliphatic heterocycles. The molecule has 0 spiro atoms. The third kappa shape index (κ3) is 3.97. The fourth-order valence-electron chi connectivity index (χ4n) is 3.95. The van der Waals surface area contributed by atoms with Crippen LogP contribution in [-0.2, 0) is 9.47 Å². The molecule has 5 rings (SSSR count). The van der Waals surface area contributed by atoms with Gasteiger partial charge in [-0.1, -0.05) is 18.7 Å². The maximum atomic E-state index is 5.43. The van der Waals surface area contributed by atoms with Crippen molar-refractivity contribution in [2.45, 2.75) is 48.9 Å². The van der Waals surface area contributed by atoms with Crippen LogP contribution in [0.3, 0.4) is 0 Å². The maximum absolute atomic E-state index is 5.43. The molecule has 0 aromatic heterocycles. The standard InChI is InChI=1S/C10H15B10O2/c1(7-5-21-7)2-9-10(4-3-8-6-22-8)11-13-14-15-16-17-18-19-20(9)12-10/h7-9H,1-6H2/t7-,8-,9-,10+/m1/s1. The van der Waals surface area contributed by atoms with Crippen LogP contribution in [0.4, 0.5) is 0 Å². The van der Waals surface area contributed by atoms with Crippen LogP contribution in [0.25, 0.3) is 0 Å². The van der Waals surface area contributed by atoms with Gasteiger partial charge in [0, 0.05) is 49.4 Å². The minimum Gasteiger partial charge on any atom is -0.373 e. The van der Waals surface area contributed by atoms with Crippen molar-refractivity contribution < 1.29 is 9.47 Å². The molecular formula is C10H15B10O2. The quantitative estimate of drug-likeness (QED) is 0.417. The largest absolute Gasteiger partial charge is 0.373 e. The molecule has 0 N–H and O–H groups in total. The van der Waals surface area contributed by atoms with Crippen molar-refractivity contribution >= 4 is 70.3 Å². The highest BCUT2D eigenvalue weighted by Gasteiger charge is 2.53. The minimum absolute atomic E-state index is 0.254. The molecular weight excluding hydrogens is 260 g/mol. The summed E-state index contributed by atoms with van der Waals surface area (Å²) in [6.45, 7) is 2.54. The van der Waals surface area contributed by atoms with Crippen LogP contribution >= 0.6 is 0 Å². The first-order valence-corrected chi connectivity index (χ1v) is 8.64. The van der Waals surface area contributed by atoms with Crippen molar-refractivity contribution in [3.63, 3.8) is 0 Å². The Balaban J connectivity index is 1.40. The van der Waals surface area contributed by atoms with E-state index in [1.54, 1.807) is 0 Å². The summed E-state index contributed by atoms with van der Waals surface area (Å²) in [7, 11) is 20.3. The summed E-state index contributed by atoms with van der Waals surface area (Å²) in [5.74, 6) is 0.711. The van der Waals surface area contributed by atoms with Crippen molar-refractivity contribution in [1.82, 2.24) is 0 Å². The molecule has 0 aromatic carbocycles. The second-order valence-electron chi connectivity index (χ2n) is 7.00. The highest BCUT2D eigenvalue weighted by molar-refractivity contribution is 7.73. The van der Waals surface area contributed by atoms with Crippen molar-refractivity contribution in [3.05, 3.63) is 0 Å². The average Bonchev–Trinajstić information content (AvgIpc) is 3.38. The molecule has 5 fully saturated rings. The van der Waals surface area contributed by atoms with Gasteiger partial charge in [-0.25, -0.2) is 0 Å². The number of rotatable bonds is 6. The fraction of sp³-hybridized carbons (Fsp3) is 1.00. The Morgan fingerprint density at radius 3 is 2.32 bits per heavy atom. The Labute approximate surface area is 142 Å². The minimum atomic E-state index is 0.254. The molecule has 0 aliphatic carbocycles. The number of ether oxygens (including phenoxy) is 2. The first-order valence-electron chi connectivity index (χ1n) is 8.64. The summed E-state index contributed by atoms with van der Waals surface area (Å²) >= 11 is 0. The summed E-state index contributed by atoms with van der Waals surface area (Å²) < 4.78 is 10.9. The monoisotopic (exact) mass is 277 g/mol. The van der Waals surface area contributed by atoms with Crippen molar-refractivity contribution in [3.8, 4) is 0 Å². The Morgan fingerprint density at radius 1 is 0.864 bits per heavy atom. The van der Waals surface area contributed by atoms with Crippen LogP contribution in [0.2, 0.25) is 11.0 Å². The molecule has 5 saturated heterocycles. The fourth-order valence-corrected chi connectivity index (χ4v) is 3.95. The summed E-state index contributed by atoms with van der Waals surface area (Å²) in [6.07, 6.45) is 5.94. The summed E-state index contributed by atoms with van der Waals surface area (Å²) in [5, 5.41) is 0.254. The van der Waals surface area contributed by atoms with Crippen LogP contribution in [-0.4, -0.2) is 95.7 Å². The molecule has 0 amide bonds. The zero-order chi connectivity index (χ0) is 14.8. The van der Waals surface area contributed by atoms with Gasteiger partial charge in [0.2, 0.25) is 0 Å². The summed E-state index contributed by atoms with van der Waals surface area (Å²) in [6, 6.07) is 0. The van der Waals surface area contributed by atoms with Crippen molar-refractivity contribution in [2.75, 3.05) is 13.2 Å². The first kappa shape index (κ1) is 16.1. The molecule has 0 unspecified atom stereocenters. The lowest BCUT2D eigenvalue weighted by Crippen LogP contribution is -2.62. The maximum Gasteiger partial charge on any atom is 0.0809 e. The highest BCUT2D eigenvalue weighted by atomic mass is 16.6. The van der Waals surface area contributed by atoms with E-state index in [0.29, 0.717) is 24.5 Å². The molecule has 2 nitrogen and oxygen atoms in total. The van der Waals surface area contributed by atoms with Gasteiger partial charge in [0.25, 0.3) is 0 Å². The molecule has 12 heteroatoms. The van der Waals surface area contributed by atoms with Gasteiger partial charge in [-0.05, 0) is 12.8 Å².